The van der Waals surface area contributed by atoms with E-state index in [4.69, 9.17) is 0 Å². The lowest BCUT2D eigenvalue weighted by Crippen LogP contribution is -1.80. The van der Waals surface area contributed by atoms with Crippen molar-refractivity contribution in [2.45, 2.75) is 0 Å². The lowest BCUT2D eigenvalue weighted by molar-refractivity contribution is 1.40. The molecule has 2 nitrogen and oxygen atoms in total. The summed E-state index contributed by atoms with van der Waals surface area (Å²) < 4.78 is 0. The first-order chi connectivity index (χ1) is 6.40. The normalized spacial score (nSPS) is 9.92. The number of benzene rings is 1. The minimum atomic E-state index is 1.06. The summed E-state index contributed by atoms with van der Waals surface area (Å²) in [4.78, 5) is 4.31. The molecule has 0 unspecified atom stereocenters. The fourth-order valence-corrected chi connectivity index (χ4v) is 1.88. The van der Waals surface area contributed by atoms with Crippen molar-refractivity contribution in [3.63, 3.8) is 0 Å². The number of hydrogen-bond acceptors (Lipinski definition) is 3. The van der Waals surface area contributed by atoms with Crippen molar-refractivity contribution in [3.05, 3.63) is 36.5 Å². The summed E-state index contributed by atoms with van der Waals surface area (Å²) in [5.41, 5.74) is 1.18. The standard InChI is InChI=1S/C10H10N2S/c1-11-9-7-12-10(13-9)8-5-3-2-4-6-8/h2-7,11H,1H3. The van der Waals surface area contributed by atoms with E-state index < -0.39 is 0 Å². The van der Waals surface area contributed by atoms with Gasteiger partial charge in [-0.2, -0.15) is 0 Å². The number of nitrogens with one attached hydrogen (secondary N) is 1. The zero-order valence-corrected chi connectivity index (χ0v) is 8.14. The molecule has 0 aliphatic rings. The number of nitrogens with zero attached hydrogens (tertiary/aromatic N) is 1. The molecule has 3 heteroatoms. The van der Waals surface area contributed by atoms with Gasteiger partial charge in [-0.05, 0) is 0 Å². The van der Waals surface area contributed by atoms with E-state index in [1.807, 2.05) is 31.4 Å². The Labute approximate surface area is 81.3 Å². The molecule has 0 amide bonds. The van der Waals surface area contributed by atoms with Crippen LogP contribution in [0.4, 0.5) is 5.00 Å². The first-order valence-electron chi connectivity index (χ1n) is 4.09. The molecule has 0 saturated heterocycles. The summed E-state index contributed by atoms with van der Waals surface area (Å²) in [7, 11) is 1.91. The maximum absolute atomic E-state index is 4.31. The van der Waals surface area contributed by atoms with Crippen LogP contribution in [0, 0.1) is 0 Å². The van der Waals surface area contributed by atoms with Gasteiger partial charge in [-0.1, -0.05) is 41.7 Å². The molecule has 0 radical (unpaired) electrons. The van der Waals surface area contributed by atoms with Crippen molar-refractivity contribution in [2.24, 2.45) is 0 Å². The summed E-state index contributed by atoms with van der Waals surface area (Å²) in [6.07, 6.45) is 1.85. The van der Waals surface area contributed by atoms with E-state index in [1.54, 1.807) is 11.3 Å². The summed E-state index contributed by atoms with van der Waals surface area (Å²) in [5.74, 6) is 0. The zero-order chi connectivity index (χ0) is 9.10. The highest BCUT2D eigenvalue weighted by Gasteiger charge is 2.01. The quantitative estimate of drug-likeness (QED) is 0.787. The minimum absolute atomic E-state index is 1.06. The van der Waals surface area contributed by atoms with E-state index in [-0.39, 0.29) is 0 Å². The molecule has 0 atom stereocenters. The van der Waals surface area contributed by atoms with Crippen LogP contribution in [0.3, 0.4) is 0 Å². The Bertz CT molecular complexity index is 381. The van der Waals surface area contributed by atoms with Gasteiger partial charge in [0.05, 0.1) is 6.20 Å². The molecule has 13 heavy (non-hydrogen) atoms. The van der Waals surface area contributed by atoms with Crippen LogP contribution >= 0.6 is 11.3 Å². The van der Waals surface area contributed by atoms with Gasteiger partial charge in [0.25, 0.3) is 0 Å². The van der Waals surface area contributed by atoms with Crippen molar-refractivity contribution < 1.29 is 0 Å². The van der Waals surface area contributed by atoms with Crippen molar-refractivity contribution in [3.8, 4) is 10.6 Å². The fraction of sp³-hybridized carbons (Fsp3) is 0.100. The lowest BCUT2D eigenvalue weighted by atomic mass is 10.2. The van der Waals surface area contributed by atoms with Crippen LogP contribution in [0.25, 0.3) is 10.6 Å². The molecule has 1 N–H and O–H groups in total. The maximum Gasteiger partial charge on any atom is 0.125 e. The molecule has 1 aromatic carbocycles. The third-order valence-electron chi connectivity index (χ3n) is 1.77. The van der Waals surface area contributed by atoms with Gasteiger partial charge in [0.2, 0.25) is 0 Å². The molecule has 0 aliphatic heterocycles. The van der Waals surface area contributed by atoms with E-state index in [0.717, 1.165) is 10.0 Å². The second-order valence-electron chi connectivity index (χ2n) is 2.65. The van der Waals surface area contributed by atoms with Crippen molar-refractivity contribution >= 4 is 16.3 Å². The molecular formula is C10H10N2S. The average Bonchev–Trinajstić information content (AvgIpc) is 2.67. The second-order valence-corrected chi connectivity index (χ2v) is 3.68. The van der Waals surface area contributed by atoms with Crippen LogP contribution in [0.5, 0.6) is 0 Å². The number of thiazole rings is 1. The van der Waals surface area contributed by atoms with Gasteiger partial charge in [-0.3, -0.25) is 0 Å². The SMILES string of the molecule is CNc1cnc(-c2ccccc2)s1. The number of aromatic nitrogens is 1. The Hall–Kier alpha value is -1.35. The van der Waals surface area contributed by atoms with Crippen LogP contribution in [0.2, 0.25) is 0 Å². The van der Waals surface area contributed by atoms with Gasteiger partial charge < -0.3 is 5.32 Å². The summed E-state index contributed by atoms with van der Waals surface area (Å²) in [6.45, 7) is 0. The molecule has 0 aliphatic carbocycles. The summed E-state index contributed by atoms with van der Waals surface area (Å²) >= 11 is 1.66. The molecule has 0 fully saturated rings. The van der Waals surface area contributed by atoms with Gasteiger partial charge in [0.15, 0.2) is 0 Å². The van der Waals surface area contributed by atoms with E-state index >= 15 is 0 Å². The Morgan fingerprint density at radius 2 is 2.00 bits per heavy atom. The molecule has 66 valence electrons. The molecule has 1 heterocycles. The van der Waals surface area contributed by atoms with Gasteiger partial charge in [0.1, 0.15) is 10.0 Å². The lowest BCUT2D eigenvalue weighted by Gasteiger charge is -1.93. The van der Waals surface area contributed by atoms with E-state index in [9.17, 15) is 0 Å². The second kappa shape index (κ2) is 3.58. The van der Waals surface area contributed by atoms with E-state index in [2.05, 4.69) is 22.4 Å². The predicted molar refractivity (Wildman–Crippen MR) is 57.1 cm³/mol. The van der Waals surface area contributed by atoms with Crippen molar-refractivity contribution in [1.82, 2.24) is 4.98 Å². The van der Waals surface area contributed by atoms with Crippen LogP contribution in [0.15, 0.2) is 36.5 Å². The van der Waals surface area contributed by atoms with Gasteiger partial charge in [-0.15, -0.1) is 0 Å². The zero-order valence-electron chi connectivity index (χ0n) is 7.32. The predicted octanol–water partition coefficient (Wildman–Crippen LogP) is 2.85. The van der Waals surface area contributed by atoms with Crippen molar-refractivity contribution in [2.75, 3.05) is 12.4 Å². The van der Waals surface area contributed by atoms with Crippen LogP contribution in [-0.4, -0.2) is 12.0 Å². The molecule has 0 bridgehead atoms. The van der Waals surface area contributed by atoms with E-state index in [0.29, 0.717) is 0 Å². The van der Waals surface area contributed by atoms with Crippen LogP contribution in [0.1, 0.15) is 0 Å². The molecule has 2 aromatic rings. The number of anilines is 1. The van der Waals surface area contributed by atoms with Gasteiger partial charge in [-0.25, -0.2) is 4.98 Å². The first-order valence-corrected chi connectivity index (χ1v) is 4.91. The number of hydrogen-bond donors (Lipinski definition) is 1. The van der Waals surface area contributed by atoms with Crippen LogP contribution < -0.4 is 5.32 Å². The highest BCUT2D eigenvalue weighted by atomic mass is 32.1. The van der Waals surface area contributed by atoms with Crippen LogP contribution in [-0.2, 0) is 0 Å². The van der Waals surface area contributed by atoms with Crippen molar-refractivity contribution in [1.29, 1.82) is 0 Å². The first kappa shape index (κ1) is 8.26. The van der Waals surface area contributed by atoms with Gasteiger partial charge >= 0.3 is 0 Å². The fourth-order valence-electron chi connectivity index (χ4n) is 1.10. The molecular weight excluding hydrogens is 180 g/mol. The molecule has 0 spiro atoms. The average molecular weight is 190 g/mol. The van der Waals surface area contributed by atoms with Gasteiger partial charge in [0, 0.05) is 12.6 Å². The third-order valence-corrected chi connectivity index (χ3v) is 2.84. The largest absolute Gasteiger partial charge is 0.379 e. The Kier molecular flexibility index (Phi) is 2.27. The van der Waals surface area contributed by atoms with E-state index in [1.165, 1.54) is 5.56 Å². The molecule has 1 aromatic heterocycles. The smallest absolute Gasteiger partial charge is 0.125 e. The molecule has 2 rings (SSSR count). The Balaban J connectivity index is 2.36. The summed E-state index contributed by atoms with van der Waals surface area (Å²) in [6, 6.07) is 10.2. The maximum atomic E-state index is 4.31. The Morgan fingerprint density at radius 1 is 1.23 bits per heavy atom. The molecule has 0 saturated carbocycles. The topological polar surface area (TPSA) is 24.9 Å². The minimum Gasteiger partial charge on any atom is -0.379 e. The number of rotatable bonds is 2. The Morgan fingerprint density at radius 3 is 2.62 bits per heavy atom. The summed E-state index contributed by atoms with van der Waals surface area (Å²) in [5, 5.41) is 5.23. The monoisotopic (exact) mass is 190 g/mol. The highest BCUT2D eigenvalue weighted by Crippen LogP contribution is 2.27. The third kappa shape index (κ3) is 1.70. The highest BCUT2D eigenvalue weighted by molar-refractivity contribution is 7.18.